The lowest BCUT2D eigenvalue weighted by molar-refractivity contribution is -0.136. The average Bonchev–Trinajstić information content (AvgIpc) is 3.13. The summed E-state index contributed by atoms with van der Waals surface area (Å²) >= 11 is 6.12. The summed E-state index contributed by atoms with van der Waals surface area (Å²) in [5, 5.41) is 15.4. The number of fused-ring (bicyclic) bond motifs is 1. The number of carboxylic acids is 1. The van der Waals surface area contributed by atoms with Gasteiger partial charge in [-0.3, -0.25) is 9.59 Å². The second-order valence-electron chi connectivity index (χ2n) is 8.57. The Labute approximate surface area is 197 Å². The summed E-state index contributed by atoms with van der Waals surface area (Å²) in [5.41, 5.74) is 3.87. The lowest BCUT2D eigenvalue weighted by Gasteiger charge is -2.31. The van der Waals surface area contributed by atoms with Crippen molar-refractivity contribution in [1.82, 2.24) is 10.3 Å². The molecule has 1 fully saturated rings. The largest absolute Gasteiger partial charge is 0.481 e. The first-order chi connectivity index (χ1) is 15.9. The van der Waals surface area contributed by atoms with E-state index in [1.165, 1.54) is 19.3 Å². The van der Waals surface area contributed by atoms with E-state index in [0.717, 1.165) is 41.0 Å². The molecule has 3 N–H and O–H groups in total. The summed E-state index contributed by atoms with van der Waals surface area (Å²) in [6.07, 6.45) is 5.78. The van der Waals surface area contributed by atoms with E-state index < -0.39 is 5.97 Å². The number of nitrogens with one attached hydrogen (secondary N) is 2. The van der Waals surface area contributed by atoms with Gasteiger partial charge < -0.3 is 20.2 Å². The van der Waals surface area contributed by atoms with Crippen molar-refractivity contribution in [3.05, 3.63) is 58.4 Å². The van der Waals surface area contributed by atoms with Gasteiger partial charge in [0.05, 0.1) is 12.5 Å². The number of amides is 1. The standard InChI is InChI=1S/C25H28ClN3O4/c1-15-22-19(11-12-20(26)29-22)33-24(15)23(16-5-3-2-4-6-16)28-18-9-7-17(8-10-18)25(32)27-14-13-21(30)31/h7-12,16,23,28H,2-6,13-14H2,1H3,(H,27,32)(H,30,31). The smallest absolute Gasteiger partial charge is 0.305 e. The van der Waals surface area contributed by atoms with Gasteiger partial charge in [0.2, 0.25) is 0 Å². The molecule has 1 aliphatic rings. The third-order valence-electron chi connectivity index (χ3n) is 6.27. The molecule has 0 radical (unpaired) electrons. The van der Waals surface area contributed by atoms with E-state index in [9.17, 15) is 9.59 Å². The van der Waals surface area contributed by atoms with Gasteiger partial charge in [0.15, 0.2) is 5.58 Å². The summed E-state index contributed by atoms with van der Waals surface area (Å²) in [7, 11) is 0. The molecule has 8 heteroatoms. The Morgan fingerprint density at radius 2 is 1.88 bits per heavy atom. The Kier molecular flexibility index (Phi) is 7.18. The van der Waals surface area contributed by atoms with Gasteiger partial charge in [0.25, 0.3) is 5.91 Å². The fraction of sp³-hybridized carbons (Fsp3) is 0.400. The summed E-state index contributed by atoms with van der Waals surface area (Å²) < 4.78 is 6.27. The molecule has 1 aliphatic carbocycles. The number of nitrogens with zero attached hydrogens (tertiary/aromatic N) is 1. The van der Waals surface area contributed by atoms with Crippen LogP contribution in [0.5, 0.6) is 0 Å². The monoisotopic (exact) mass is 469 g/mol. The van der Waals surface area contributed by atoms with E-state index in [2.05, 4.69) is 15.6 Å². The predicted octanol–water partition coefficient (Wildman–Crippen LogP) is 5.73. The van der Waals surface area contributed by atoms with Crippen LogP contribution in [-0.4, -0.2) is 28.5 Å². The number of aliphatic carboxylic acids is 1. The van der Waals surface area contributed by atoms with E-state index in [1.54, 1.807) is 18.2 Å². The highest BCUT2D eigenvalue weighted by Gasteiger charge is 2.30. The lowest BCUT2D eigenvalue weighted by atomic mass is 9.82. The Bertz CT molecular complexity index is 1140. The minimum Gasteiger partial charge on any atom is -0.481 e. The molecule has 0 aliphatic heterocycles. The molecule has 2 heterocycles. The summed E-state index contributed by atoms with van der Waals surface area (Å²) in [6.45, 7) is 2.12. The van der Waals surface area contributed by atoms with Crippen molar-refractivity contribution in [3.8, 4) is 0 Å². The van der Waals surface area contributed by atoms with Crippen LogP contribution in [0.2, 0.25) is 5.15 Å². The van der Waals surface area contributed by atoms with Crippen molar-refractivity contribution in [1.29, 1.82) is 0 Å². The van der Waals surface area contributed by atoms with Gasteiger partial charge in [0, 0.05) is 23.4 Å². The average molecular weight is 470 g/mol. The van der Waals surface area contributed by atoms with Gasteiger partial charge in [-0.25, -0.2) is 4.98 Å². The maximum Gasteiger partial charge on any atom is 0.305 e. The zero-order valence-electron chi connectivity index (χ0n) is 18.6. The number of rotatable bonds is 8. The molecule has 3 aromatic rings. The SMILES string of the molecule is Cc1c(C(Nc2ccc(C(=O)NCCC(=O)O)cc2)C2CCCCC2)oc2ccc(Cl)nc12. The number of aromatic nitrogens is 1. The molecule has 2 aromatic heterocycles. The number of pyridine rings is 1. The molecule has 1 saturated carbocycles. The third kappa shape index (κ3) is 5.47. The van der Waals surface area contributed by atoms with Crippen molar-refractivity contribution in [2.75, 3.05) is 11.9 Å². The first kappa shape index (κ1) is 23.1. The number of hydrogen-bond acceptors (Lipinski definition) is 5. The number of furan rings is 1. The van der Waals surface area contributed by atoms with Crippen molar-refractivity contribution < 1.29 is 19.1 Å². The van der Waals surface area contributed by atoms with Crippen molar-refractivity contribution in [3.63, 3.8) is 0 Å². The molecule has 33 heavy (non-hydrogen) atoms. The second-order valence-corrected chi connectivity index (χ2v) is 8.96. The van der Waals surface area contributed by atoms with Crippen LogP contribution in [0.15, 0.2) is 40.8 Å². The molecule has 4 rings (SSSR count). The van der Waals surface area contributed by atoms with Crippen molar-refractivity contribution in [2.24, 2.45) is 5.92 Å². The van der Waals surface area contributed by atoms with Gasteiger partial charge in [-0.2, -0.15) is 0 Å². The number of carbonyl (C=O) groups excluding carboxylic acids is 1. The van der Waals surface area contributed by atoms with Crippen LogP contribution in [0.25, 0.3) is 11.1 Å². The quantitative estimate of drug-likeness (QED) is 0.364. The van der Waals surface area contributed by atoms with Crippen LogP contribution in [-0.2, 0) is 4.79 Å². The summed E-state index contributed by atoms with van der Waals surface area (Å²) in [5.74, 6) is 0.0688. The highest BCUT2D eigenvalue weighted by molar-refractivity contribution is 6.29. The molecule has 1 atom stereocenters. The Balaban J connectivity index is 1.56. The van der Waals surface area contributed by atoms with Crippen LogP contribution < -0.4 is 10.6 Å². The number of aryl methyl sites for hydroxylation is 1. The minimum atomic E-state index is -0.943. The lowest BCUT2D eigenvalue weighted by Crippen LogP contribution is -2.26. The Morgan fingerprint density at radius 3 is 2.58 bits per heavy atom. The zero-order chi connectivity index (χ0) is 23.4. The fourth-order valence-electron chi connectivity index (χ4n) is 4.53. The predicted molar refractivity (Wildman–Crippen MR) is 128 cm³/mol. The third-order valence-corrected chi connectivity index (χ3v) is 6.48. The summed E-state index contributed by atoms with van der Waals surface area (Å²) in [4.78, 5) is 27.3. The Morgan fingerprint density at radius 1 is 1.15 bits per heavy atom. The maximum atomic E-state index is 12.2. The van der Waals surface area contributed by atoms with E-state index in [0.29, 0.717) is 16.6 Å². The number of hydrogen-bond donors (Lipinski definition) is 3. The first-order valence-corrected chi connectivity index (χ1v) is 11.7. The van der Waals surface area contributed by atoms with Crippen molar-refractivity contribution >= 4 is 40.3 Å². The second kappa shape index (κ2) is 10.3. The van der Waals surface area contributed by atoms with Gasteiger partial charge in [-0.1, -0.05) is 30.9 Å². The van der Waals surface area contributed by atoms with E-state index in [-0.39, 0.29) is 24.9 Å². The minimum absolute atomic E-state index is 0.0199. The highest BCUT2D eigenvalue weighted by atomic mass is 35.5. The molecule has 1 unspecified atom stereocenters. The number of benzene rings is 1. The van der Waals surface area contributed by atoms with E-state index in [4.69, 9.17) is 21.1 Å². The fourth-order valence-corrected chi connectivity index (χ4v) is 4.68. The highest BCUT2D eigenvalue weighted by Crippen LogP contribution is 2.40. The maximum absolute atomic E-state index is 12.2. The van der Waals surface area contributed by atoms with E-state index >= 15 is 0 Å². The molecular formula is C25H28ClN3O4. The number of carboxylic acid groups (broad SMARTS) is 1. The van der Waals surface area contributed by atoms with Crippen LogP contribution in [0.4, 0.5) is 5.69 Å². The molecule has 1 aromatic carbocycles. The van der Waals surface area contributed by atoms with Crippen LogP contribution >= 0.6 is 11.6 Å². The molecule has 174 valence electrons. The normalized spacial score (nSPS) is 15.3. The number of halogens is 1. The first-order valence-electron chi connectivity index (χ1n) is 11.3. The molecule has 1 amide bonds. The molecule has 7 nitrogen and oxygen atoms in total. The zero-order valence-corrected chi connectivity index (χ0v) is 19.3. The van der Waals surface area contributed by atoms with E-state index in [1.807, 2.05) is 25.1 Å². The molecular weight excluding hydrogens is 442 g/mol. The van der Waals surface area contributed by atoms with Gasteiger partial charge >= 0.3 is 5.97 Å². The topological polar surface area (TPSA) is 104 Å². The van der Waals surface area contributed by atoms with Crippen LogP contribution in [0.1, 0.15) is 66.2 Å². The van der Waals surface area contributed by atoms with Gasteiger partial charge in [-0.05, 0) is 62.1 Å². The van der Waals surface area contributed by atoms with Gasteiger partial charge in [-0.15, -0.1) is 0 Å². The Hall–Kier alpha value is -3.06. The number of anilines is 1. The molecule has 0 spiro atoms. The summed E-state index contributed by atoms with van der Waals surface area (Å²) in [6, 6.07) is 10.8. The van der Waals surface area contributed by atoms with Crippen LogP contribution in [0, 0.1) is 12.8 Å². The van der Waals surface area contributed by atoms with Gasteiger partial charge in [0.1, 0.15) is 16.4 Å². The molecule has 0 bridgehead atoms. The van der Waals surface area contributed by atoms with Crippen LogP contribution in [0.3, 0.4) is 0 Å². The number of carbonyl (C=O) groups is 2. The molecule has 0 saturated heterocycles. The van der Waals surface area contributed by atoms with Crippen molar-refractivity contribution in [2.45, 2.75) is 51.5 Å².